The lowest BCUT2D eigenvalue weighted by Crippen LogP contribution is -2.22. The molecule has 1 aliphatic rings. The van der Waals surface area contributed by atoms with E-state index >= 15 is 0 Å². The van der Waals surface area contributed by atoms with E-state index in [1.165, 1.54) is 24.0 Å². The predicted octanol–water partition coefficient (Wildman–Crippen LogP) is 2.86. The largest absolute Gasteiger partial charge is 0.349 e. The van der Waals surface area contributed by atoms with Crippen LogP contribution in [0, 0.1) is 5.92 Å². The van der Waals surface area contributed by atoms with Gasteiger partial charge in [-0.25, -0.2) is 9.67 Å². The maximum absolute atomic E-state index is 11.9. The Morgan fingerprint density at radius 2 is 1.88 bits per heavy atom. The lowest BCUT2D eigenvalue weighted by atomic mass is 10.1. The van der Waals surface area contributed by atoms with Crippen molar-refractivity contribution in [3.63, 3.8) is 0 Å². The summed E-state index contributed by atoms with van der Waals surface area (Å²) in [5.74, 6) is 2.74. The summed E-state index contributed by atoms with van der Waals surface area (Å²) in [6.45, 7) is 2.88. The van der Waals surface area contributed by atoms with Gasteiger partial charge >= 0.3 is 0 Å². The van der Waals surface area contributed by atoms with Gasteiger partial charge in [0.05, 0.1) is 6.54 Å². The molecule has 1 aromatic heterocycles. The molecule has 0 N–H and O–H groups in total. The quantitative estimate of drug-likeness (QED) is 0.742. The van der Waals surface area contributed by atoms with Crippen LogP contribution in [0.2, 0.25) is 0 Å². The zero-order valence-corrected chi connectivity index (χ0v) is 15.5. The van der Waals surface area contributed by atoms with Crippen molar-refractivity contribution >= 4 is 5.91 Å². The molecule has 1 aromatic carbocycles. The van der Waals surface area contributed by atoms with Gasteiger partial charge in [0.1, 0.15) is 5.82 Å². The van der Waals surface area contributed by atoms with Gasteiger partial charge in [-0.05, 0) is 36.3 Å². The van der Waals surface area contributed by atoms with Crippen LogP contribution in [0.25, 0.3) is 0 Å². The van der Waals surface area contributed by atoms with Crippen LogP contribution in [0.1, 0.15) is 49.0 Å². The highest BCUT2D eigenvalue weighted by molar-refractivity contribution is 5.75. The molecule has 0 unspecified atom stereocenters. The molecular weight excluding hydrogens is 312 g/mol. The van der Waals surface area contributed by atoms with Crippen molar-refractivity contribution in [2.24, 2.45) is 5.92 Å². The minimum Gasteiger partial charge on any atom is -0.349 e. The number of rotatable bonds is 8. The zero-order chi connectivity index (χ0) is 17.8. The summed E-state index contributed by atoms with van der Waals surface area (Å²) in [6, 6.07) is 8.67. The molecule has 1 saturated carbocycles. The topological polar surface area (TPSA) is 51.0 Å². The Kier molecular flexibility index (Phi) is 5.51. The molecule has 3 rings (SSSR count). The van der Waals surface area contributed by atoms with Crippen LogP contribution >= 0.6 is 0 Å². The van der Waals surface area contributed by atoms with Gasteiger partial charge in [-0.1, -0.05) is 31.2 Å². The van der Waals surface area contributed by atoms with E-state index in [9.17, 15) is 4.79 Å². The molecule has 0 aliphatic heterocycles. The van der Waals surface area contributed by atoms with Crippen LogP contribution in [0.4, 0.5) is 0 Å². The summed E-state index contributed by atoms with van der Waals surface area (Å²) in [7, 11) is 3.59. The first-order valence-corrected chi connectivity index (χ1v) is 9.25. The molecule has 5 nitrogen and oxygen atoms in total. The fourth-order valence-electron chi connectivity index (χ4n) is 2.90. The van der Waals surface area contributed by atoms with Crippen molar-refractivity contribution in [2.75, 3.05) is 14.1 Å². The van der Waals surface area contributed by atoms with Gasteiger partial charge in [0.2, 0.25) is 5.91 Å². The van der Waals surface area contributed by atoms with E-state index in [0.29, 0.717) is 19.4 Å². The van der Waals surface area contributed by atoms with E-state index in [0.717, 1.165) is 30.4 Å². The molecule has 5 heteroatoms. The average Bonchev–Trinajstić information content (AvgIpc) is 3.34. The van der Waals surface area contributed by atoms with Crippen molar-refractivity contribution < 1.29 is 4.79 Å². The van der Waals surface area contributed by atoms with Crippen LogP contribution in [-0.4, -0.2) is 39.7 Å². The fourth-order valence-corrected chi connectivity index (χ4v) is 2.90. The van der Waals surface area contributed by atoms with Crippen molar-refractivity contribution in [3.8, 4) is 0 Å². The summed E-state index contributed by atoms with van der Waals surface area (Å²) < 4.78 is 1.99. The summed E-state index contributed by atoms with van der Waals surface area (Å²) >= 11 is 0. The fraction of sp³-hybridized carbons (Fsp3) is 0.550. The molecule has 1 fully saturated rings. The second-order valence-electron chi connectivity index (χ2n) is 7.21. The predicted molar refractivity (Wildman–Crippen MR) is 98.4 cm³/mol. The molecular formula is C20H28N4O. The molecule has 0 saturated heterocycles. The molecule has 134 valence electrons. The second kappa shape index (κ2) is 7.81. The van der Waals surface area contributed by atoms with E-state index in [-0.39, 0.29) is 5.91 Å². The molecule has 1 heterocycles. The Bertz CT molecular complexity index is 714. The average molecular weight is 340 g/mol. The van der Waals surface area contributed by atoms with Gasteiger partial charge in [-0.2, -0.15) is 5.10 Å². The number of benzene rings is 1. The normalized spacial score (nSPS) is 13.9. The standard InChI is InChI=1S/C20H28N4O/c1-4-15-5-9-17(10-6-15)14-24-19(11-12-20(25)23(2)3)21-18(22-24)13-16-7-8-16/h5-6,9-10,16H,4,7-8,11-14H2,1-3H3. The molecule has 0 spiro atoms. The maximum atomic E-state index is 11.9. The third kappa shape index (κ3) is 4.91. The van der Waals surface area contributed by atoms with Crippen LogP contribution in [0.15, 0.2) is 24.3 Å². The molecule has 1 amide bonds. The SMILES string of the molecule is CCc1ccc(Cn2nc(CC3CC3)nc2CCC(=O)N(C)C)cc1. The van der Waals surface area contributed by atoms with E-state index in [2.05, 4.69) is 31.2 Å². The summed E-state index contributed by atoms with van der Waals surface area (Å²) in [5.41, 5.74) is 2.56. The van der Waals surface area contributed by atoms with Crippen molar-refractivity contribution in [2.45, 2.75) is 52.0 Å². The number of aryl methyl sites for hydroxylation is 2. The first-order chi connectivity index (χ1) is 12.0. The first kappa shape index (κ1) is 17.6. The maximum Gasteiger partial charge on any atom is 0.222 e. The lowest BCUT2D eigenvalue weighted by Gasteiger charge is -2.10. The van der Waals surface area contributed by atoms with Crippen molar-refractivity contribution in [3.05, 3.63) is 47.0 Å². The minimum absolute atomic E-state index is 0.130. The number of hydrogen-bond acceptors (Lipinski definition) is 3. The molecule has 0 atom stereocenters. The van der Waals surface area contributed by atoms with E-state index in [1.54, 1.807) is 19.0 Å². The molecule has 0 bridgehead atoms. The van der Waals surface area contributed by atoms with Gasteiger partial charge in [0.25, 0.3) is 0 Å². The third-order valence-electron chi connectivity index (χ3n) is 4.79. The highest BCUT2D eigenvalue weighted by Gasteiger charge is 2.24. The number of hydrogen-bond donors (Lipinski definition) is 0. The van der Waals surface area contributed by atoms with Crippen LogP contribution in [-0.2, 0) is 30.6 Å². The van der Waals surface area contributed by atoms with Crippen LogP contribution in [0.5, 0.6) is 0 Å². The number of carbonyl (C=O) groups is 1. The second-order valence-corrected chi connectivity index (χ2v) is 7.21. The Hall–Kier alpha value is -2.17. The van der Waals surface area contributed by atoms with Gasteiger partial charge in [-0.15, -0.1) is 0 Å². The monoisotopic (exact) mass is 340 g/mol. The van der Waals surface area contributed by atoms with E-state index in [4.69, 9.17) is 10.1 Å². The molecule has 0 radical (unpaired) electrons. The first-order valence-electron chi connectivity index (χ1n) is 9.25. The number of amides is 1. The summed E-state index contributed by atoms with van der Waals surface area (Å²) in [5, 5.41) is 4.73. The lowest BCUT2D eigenvalue weighted by molar-refractivity contribution is -0.128. The smallest absolute Gasteiger partial charge is 0.222 e. The van der Waals surface area contributed by atoms with Crippen molar-refractivity contribution in [1.82, 2.24) is 19.7 Å². The molecule has 25 heavy (non-hydrogen) atoms. The Balaban J connectivity index is 1.74. The van der Waals surface area contributed by atoms with Crippen LogP contribution < -0.4 is 0 Å². The molecule has 1 aliphatic carbocycles. The third-order valence-corrected chi connectivity index (χ3v) is 4.79. The van der Waals surface area contributed by atoms with Gasteiger partial charge < -0.3 is 4.90 Å². The van der Waals surface area contributed by atoms with Crippen LogP contribution in [0.3, 0.4) is 0 Å². The number of nitrogens with zero attached hydrogens (tertiary/aromatic N) is 4. The van der Waals surface area contributed by atoms with E-state index in [1.807, 2.05) is 4.68 Å². The summed E-state index contributed by atoms with van der Waals surface area (Å²) in [6.07, 6.45) is 5.72. The highest BCUT2D eigenvalue weighted by atomic mass is 16.2. The van der Waals surface area contributed by atoms with Gasteiger partial charge in [0, 0.05) is 33.4 Å². The Morgan fingerprint density at radius 3 is 2.48 bits per heavy atom. The van der Waals surface area contributed by atoms with Gasteiger partial charge in [0.15, 0.2) is 5.82 Å². The van der Waals surface area contributed by atoms with Gasteiger partial charge in [-0.3, -0.25) is 4.79 Å². The summed E-state index contributed by atoms with van der Waals surface area (Å²) in [4.78, 5) is 18.3. The zero-order valence-electron chi connectivity index (χ0n) is 15.5. The number of carbonyl (C=O) groups excluding carboxylic acids is 1. The van der Waals surface area contributed by atoms with Crippen molar-refractivity contribution in [1.29, 1.82) is 0 Å². The highest BCUT2D eigenvalue weighted by Crippen LogP contribution is 2.31. The minimum atomic E-state index is 0.130. The Morgan fingerprint density at radius 1 is 1.20 bits per heavy atom. The Labute approximate surface area is 150 Å². The van der Waals surface area contributed by atoms with E-state index < -0.39 is 0 Å². The molecule has 2 aromatic rings. The number of aromatic nitrogens is 3.